The van der Waals surface area contributed by atoms with Crippen LogP contribution in [0.4, 0.5) is 0 Å². The number of rotatable bonds is 12. The summed E-state index contributed by atoms with van der Waals surface area (Å²) in [4.78, 5) is 33.4. The number of carboxylic acids is 1. The number of carboxylic acid groups (broad SMARTS) is 1. The number of nitrogens with zero attached hydrogens (tertiary/aromatic N) is 2. The Morgan fingerprint density at radius 1 is 1.05 bits per heavy atom. The average Bonchev–Trinajstić information content (AvgIpc) is 3.46. The van der Waals surface area contributed by atoms with Gasteiger partial charge in [0.25, 0.3) is 5.91 Å². The van der Waals surface area contributed by atoms with Crippen molar-refractivity contribution >= 4 is 18.0 Å². The van der Waals surface area contributed by atoms with E-state index < -0.39 is 11.9 Å². The number of benzene rings is 2. The Balaban J connectivity index is 1.46. The van der Waals surface area contributed by atoms with Gasteiger partial charge in [0.05, 0.1) is 12.1 Å². The number of pyridine rings is 1. The first-order chi connectivity index (χ1) is 18.1. The maximum Gasteiger partial charge on any atom is 0.310 e. The quantitative estimate of drug-likeness (QED) is 0.242. The monoisotopic (exact) mass is 495 g/mol. The van der Waals surface area contributed by atoms with Crippen molar-refractivity contribution in [2.24, 2.45) is 0 Å². The third kappa shape index (κ3) is 7.24. The number of nitrogens with one attached hydrogen (secondary N) is 1. The highest BCUT2D eigenvalue weighted by molar-refractivity contribution is 5.96. The molecule has 0 aliphatic carbocycles. The second kappa shape index (κ2) is 13.0. The molecule has 0 aliphatic rings. The molecule has 0 aliphatic heterocycles. The highest BCUT2D eigenvalue weighted by atomic mass is 16.4. The van der Waals surface area contributed by atoms with Gasteiger partial charge in [-0.2, -0.15) is 0 Å². The molecule has 4 rings (SSSR count). The molecule has 0 radical (unpaired) electrons. The summed E-state index contributed by atoms with van der Waals surface area (Å²) in [5.74, 6) is -1.63. The van der Waals surface area contributed by atoms with Gasteiger partial charge < -0.3 is 14.8 Å². The zero-order valence-corrected chi connectivity index (χ0v) is 20.4. The SMILES string of the molecule is O=C(NCCc1ccccc1)c1ccc(C(CCCC=Cc2cccnc2)C(=O)O)c(-c2ncco2)c1. The number of carbonyl (C=O) groups excluding carboxylic acids is 1. The Labute approximate surface area is 215 Å². The number of hydrogen-bond acceptors (Lipinski definition) is 5. The largest absolute Gasteiger partial charge is 0.481 e. The highest BCUT2D eigenvalue weighted by Gasteiger charge is 2.25. The average molecular weight is 496 g/mol. The van der Waals surface area contributed by atoms with Crippen LogP contribution in [0.1, 0.15) is 52.2 Å². The number of allylic oxidation sites excluding steroid dienone is 1. The maximum atomic E-state index is 12.8. The minimum atomic E-state index is -0.927. The number of carbonyl (C=O) groups is 2. The molecule has 0 saturated carbocycles. The first-order valence-corrected chi connectivity index (χ1v) is 12.3. The maximum absolute atomic E-state index is 12.8. The molecule has 2 N–H and O–H groups in total. The van der Waals surface area contributed by atoms with Crippen LogP contribution >= 0.6 is 0 Å². The van der Waals surface area contributed by atoms with E-state index in [1.807, 2.05) is 54.6 Å². The van der Waals surface area contributed by atoms with Gasteiger partial charge in [-0.25, -0.2) is 4.98 Å². The van der Waals surface area contributed by atoms with Gasteiger partial charge in [-0.1, -0.05) is 54.6 Å². The van der Waals surface area contributed by atoms with Gasteiger partial charge in [0.2, 0.25) is 5.89 Å². The summed E-state index contributed by atoms with van der Waals surface area (Å²) in [6.45, 7) is 0.489. The van der Waals surface area contributed by atoms with Gasteiger partial charge in [-0.05, 0) is 60.6 Å². The normalized spacial score (nSPS) is 11.9. The summed E-state index contributed by atoms with van der Waals surface area (Å²) in [7, 11) is 0. The zero-order valence-electron chi connectivity index (χ0n) is 20.4. The van der Waals surface area contributed by atoms with Gasteiger partial charge in [-0.15, -0.1) is 0 Å². The standard InChI is InChI=1S/C30H29N3O4/c34-28(32-17-15-22-8-3-1-4-9-22)24-13-14-25(27(20-24)29-33-18-19-37-29)26(30(35)36)12-6-2-5-10-23-11-7-16-31-21-23/h1,3-5,7-11,13-14,16,18-21,26H,2,6,12,15,17H2,(H,32,34)(H,35,36). The van der Waals surface area contributed by atoms with Crippen LogP contribution in [-0.4, -0.2) is 33.5 Å². The molecule has 4 aromatic rings. The lowest BCUT2D eigenvalue weighted by atomic mass is 9.88. The first-order valence-electron chi connectivity index (χ1n) is 12.3. The van der Waals surface area contributed by atoms with Crippen molar-refractivity contribution < 1.29 is 19.1 Å². The van der Waals surface area contributed by atoms with E-state index in [4.69, 9.17) is 4.42 Å². The van der Waals surface area contributed by atoms with Crippen molar-refractivity contribution in [2.45, 2.75) is 31.6 Å². The molecule has 0 bridgehead atoms. The van der Waals surface area contributed by atoms with Crippen molar-refractivity contribution in [1.29, 1.82) is 0 Å². The lowest BCUT2D eigenvalue weighted by molar-refractivity contribution is -0.139. The topological polar surface area (TPSA) is 105 Å². The zero-order chi connectivity index (χ0) is 25.9. The van der Waals surface area contributed by atoms with E-state index in [0.717, 1.165) is 17.5 Å². The lowest BCUT2D eigenvalue weighted by Gasteiger charge is -2.16. The second-order valence-electron chi connectivity index (χ2n) is 8.64. The number of oxazole rings is 1. The number of unbranched alkanes of at least 4 members (excludes halogenated alkanes) is 1. The van der Waals surface area contributed by atoms with Crippen molar-refractivity contribution in [3.63, 3.8) is 0 Å². The van der Waals surface area contributed by atoms with E-state index >= 15 is 0 Å². The fourth-order valence-corrected chi connectivity index (χ4v) is 4.16. The van der Waals surface area contributed by atoms with Crippen molar-refractivity contribution in [3.8, 4) is 11.5 Å². The molecule has 7 nitrogen and oxygen atoms in total. The second-order valence-corrected chi connectivity index (χ2v) is 8.64. The number of amides is 1. The van der Waals surface area contributed by atoms with Gasteiger partial charge in [0, 0.05) is 30.1 Å². The Morgan fingerprint density at radius 3 is 2.65 bits per heavy atom. The molecular formula is C30H29N3O4. The molecule has 1 amide bonds. The lowest BCUT2D eigenvalue weighted by Crippen LogP contribution is -2.26. The smallest absolute Gasteiger partial charge is 0.310 e. The predicted molar refractivity (Wildman–Crippen MR) is 142 cm³/mol. The van der Waals surface area contributed by atoms with Crippen LogP contribution in [0.2, 0.25) is 0 Å². The minimum Gasteiger partial charge on any atom is -0.481 e. The van der Waals surface area contributed by atoms with E-state index in [0.29, 0.717) is 42.5 Å². The Kier molecular flexibility index (Phi) is 8.97. The van der Waals surface area contributed by atoms with Crippen molar-refractivity contribution in [3.05, 3.63) is 114 Å². The van der Waals surface area contributed by atoms with Gasteiger partial charge in [0.15, 0.2) is 0 Å². The van der Waals surface area contributed by atoms with E-state index in [9.17, 15) is 14.7 Å². The van der Waals surface area contributed by atoms with E-state index in [1.165, 1.54) is 12.5 Å². The number of aromatic nitrogens is 2. The molecule has 1 unspecified atom stereocenters. The highest BCUT2D eigenvalue weighted by Crippen LogP contribution is 2.33. The Hall–Kier alpha value is -4.52. The molecule has 7 heteroatoms. The Morgan fingerprint density at radius 2 is 1.92 bits per heavy atom. The van der Waals surface area contributed by atoms with E-state index in [-0.39, 0.29) is 11.8 Å². The Bertz CT molecular complexity index is 1320. The third-order valence-corrected chi connectivity index (χ3v) is 6.05. The van der Waals surface area contributed by atoms with Crippen LogP contribution in [0, 0.1) is 0 Å². The van der Waals surface area contributed by atoms with Crippen LogP contribution < -0.4 is 5.32 Å². The summed E-state index contributed by atoms with van der Waals surface area (Å²) in [5.41, 5.74) is 3.65. The first kappa shape index (κ1) is 25.6. The summed E-state index contributed by atoms with van der Waals surface area (Å²) in [5, 5.41) is 13.0. The summed E-state index contributed by atoms with van der Waals surface area (Å²) >= 11 is 0. The fraction of sp³-hybridized carbons (Fsp3) is 0.200. The minimum absolute atomic E-state index is 0.234. The van der Waals surface area contributed by atoms with Crippen molar-refractivity contribution in [1.82, 2.24) is 15.3 Å². The van der Waals surface area contributed by atoms with Crippen LogP contribution in [-0.2, 0) is 11.2 Å². The fourth-order valence-electron chi connectivity index (χ4n) is 4.16. The molecule has 0 spiro atoms. The van der Waals surface area contributed by atoms with Gasteiger partial charge in [0.1, 0.15) is 6.26 Å². The third-order valence-electron chi connectivity index (χ3n) is 6.05. The van der Waals surface area contributed by atoms with Crippen LogP contribution in [0.3, 0.4) is 0 Å². The van der Waals surface area contributed by atoms with Gasteiger partial charge in [-0.3, -0.25) is 14.6 Å². The van der Waals surface area contributed by atoms with E-state index in [2.05, 4.69) is 15.3 Å². The van der Waals surface area contributed by atoms with Crippen LogP contribution in [0.5, 0.6) is 0 Å². The molecule has 0 saturated heterocycles. The van der Waals surface area contributed by atoms with Crippen LogP contribution in [0.25, 0.3) is 17.5 Å². The molecule has 188 valence electrons. The van der Waals surface area contributed by atoms with Crippen molar-refractivity contribution in [2.75, 3.05) is 6.54 Å². The predicted octanol–water partition coefficient (Wildman–Crippen LogP) is 5.76. The summed E-state index contributed by atoms with van der Waals surface area (Å²) < 4.78 is 5.50. The molecule has 1 atom stereocenters. The van der Waals surface area contributed by atoms with E-state index in [1.54, 1.807) is 30.6 Å². The molecule has 0 fully saturated rings. The molecule has 2 heterocycles. The summed E-state index contributed by atoms with van der Waals surface area (Å²) in [6.07, 6.45) is 13.0. The number of aliphatic carboxylic acids is 1. The number of hydrogen-bond donors (Lipinski definition) is 2. The van der Waals surface area contributed by atoms with Crippen LogP contribution in [0.15, 0.2) is 96.0 Å². The summed E-state index contributed by atoms with van der Waals surface area (Å²) in [6, 6.07) is 18.8. The molecule has 37 heavy (non-hydrogen) atoms. The molecule has 2 aromatic carbocycles. The molecule has 2 aromatic heterocycles. The molecular weight excluding hydrogens is 466 g/mol. The van der Waals surface area contributed by atoms with Gasteiger partial charge >= 0.3 is 5.97 Å².